The zero-order valence-corrected chi connectivity index (χ0v) is 39.3. The number of rotatable bonds is 12. The van der Waals surface area contributed by atoms with Gasteiger partial charge >= 0.3 is 0 Å². The fourth-order valence-electron chi connectivity index (χ4n) is 4.81. The number of phenols is 1. The largest absolute Gasteiger partial charge is 0.662 e. The van der Waals surface area contributed by atoms with Crippen molar-refractivity contribution in [2.75, 3.05) is 52.0 Å². The van der Waals surface area contributed by atoms with E-state index in [-0.39, 0.29) is 81.8 Å². The molecule has 4 N–H and O–H groups in total. The van der Waals surface area contributed by atoms with Crippen molar-refractivity contribution >= 4 is 51.9 Å². The molecule has 2 aromatic carbocycles. The second-order valence-electron chi connectivity index (χ2n) is 12.9. The molecule has 0 spiro atoms. The summed E-state index contributed by atoms with van der Waals surface area (Å²) in [7, 11) is 7.19. The average Bonchev–Trinajstić information content (AvgIpc) is 3.88. The fraction of sp³-hybridized carbons (Fsp3) is 0.585. The van der Waals surface area contributed by atoms with Gasteiger partial charge in [-0.05, 0) is 70.7 Å². The van der Waals surface area contributed by atoms with Crippen LogP contribution in [0.25, 0.3) is 5.32 Å². The van der Waals surface area contributed by atoms with Gasteiger partial charge in [0, 0.05) is 76.8 Å². The standard InChI is InChI=1S/C16H20N2O4.C7H8O.C6H11N2O.C5H10O.C4H10O2.C3H6S2.Y/c1-11-5-3-4-6-14(11)22-10-15(20)17-13-9-12(2)18(7-8-19)16(13)21;1-6-2-4-7(8)5-3-6;7-6(9)5-1-3-8-4-2-5;1-2-3-4-5-6;1-4(5-2)6-3;1-2-4-5-3-1;/h3-6,8,12-13H,7,9-10H2,1-2H3,(H,17,20);2-5,8H,1H3;5H,1-4H2,(H2,7,9);5H,2-4H2,1H3;4H,1-3H3;1-3H2;/q;;-1;;;;. The minimum atomic E-state index is -0.581. The normalized spacial score (nSPS) is 16.8. The van der Waals surface area contributed by atoms with Gasteiger partial charge in [0.2, 0.25) is 11.8 Å². The third-order valence-corrected chi connectivity index (χ3v) is 10.9. The number of nitrogens with one attached hydrogen (secondary N) is 1. The molecule has 0 aliphatic carbocycles. The van der Waals surface area contributed by atoms with E-state index in [1.54, 1.807) is 32.4 Å². The minimum Gasteiger partial charge on any atom is -0.662 e. The number of aldehydes is 2. The van der Waals surface area contributed by atoms with Crippen molar-refractivity contribution in [2.24, 2.45) is 11.7 Å². The Morgan fingerprint density at radius 2 is 1.61 bits per heavy atom. The number of methoxy groups -OCH3 is 2. The number of piperidine rings is 1. The first kappa shape index (κ1) is 56.6. The molecule has 2 atom stereocenters. The Morgan fingerprint density at radius 3 is 2.02 bits per heavy atom. The number of nitrogens with zero attached hydrogens (tertiary/aromatic N) is 2. The molecule has 319 valence electrons. The second-order valence-corrected chi connectivity index (χ2v) is 15.6. The molecule has 3 heterocycles. The first-order valence-corrected chi connectivity index (χ1v) is 21.5. The molecule has 3 aliphatic rings. The maximum absolute atomic E-state index is 12.1. The van der Waals surface area contributed by atoms with Crippen LogP contribution in [0.2, 0.25) is 0 Å². The van der Waals surface area contributed by atoms with Crippen LogP contribution in [0, 0.1) is 19.8 Å². The molecule has 0 aromatic heterocycles. The van der Waals surface area contributed by atoms with Gasteiger partial charge in [0.05, 0.1) is 6.54 Å². The van der Waals surface area contributed by atoms with E-state index in [0.717, 1.165) is 57.0 Å². The Balaban J connectivity index is 0. The first-order valence-electron chi connectivity index (χ1n) is 19.0. The summed E-state index contributed by atoms with van der Waals surface area (Å²) in [6.45, 7) is 11.2. The van der Waals surface area contributed by atoms with Gasteiger partial charge in [0.25, 0.3) is 5.91 Å². The van der Waals surface area contributed by atoms with Gasteiger partial charge in [-0.3, -0.25) is 14.4 Å². The van der Waals surface area contributed by atoms with Crippen LogP contribution in [-0.4, -0.2) is 111 Å². The van der Waals surface area contributed by atoms with E-state index >= 15 is 0 Å². The number of para-hydroxylation sites is 1. The number of nitrogens with two attached hydrogens (primary N) is 1. The van der Waals surface area contributed by atoms with Crippen molar-refractivity contribution < 1.29 is 76.0 Å². The first-order chi connectivity index (χ1) is 26.8. The number of aryl methyl sites for hydroxylation is 2. The molecule has 3 saturated heterocycles. The van der Waals surface area contributed by atoms with Crippen molar-refractivity contribution in [3.63, 3.8) is 0 Å². The quantitative estimate of drug-likeness (QED) is 0.0925. The molecule has 2 unspecified atom stereocenters. The van der Waals surface area contributed by atoms with Crippen LogP contribution in [0.4, 0.5) is 0 Å². The Morgan fingerprint density at radius 1 is 1.02 bits per heavy atom. The maximum Gasteiger partial charge on any atom is 0.258 e. The number of unbranched alkanes of at least 4 members (excludes halogenated alkanes) is 2. The average molecular weight is 911 g/mol. The van der Waals surface area contributed by atoms with Crippen molar-refractivity contribution in [3.05, 3.63) is 65.0 Å². The molecule has 3 fully saturated rings. The van der Waals surface area contributed by atoms with Gasteiger partial charge in [-0.2, -0.15) is 0 Å². The topological polar surface area (TPSA) is 189 Å². The van der Waals surface area contributed by atoms with E-state index in [0.29, 0.717) is 24.2 Å². The van der Waals surface area contributed by atoms with Gasteiger partial charge in [-0.25, -0.2) is 0 Å². The number of hydrogen-bond donors (Lipinski definition) is 3. The number of ether oxygens (including phenoxy) is 3. The number of carbonyl (C=O) groups is 5. The molecule has 57 heavy (non-hydrogen) atoms. The van der Waals surface area contributed by atoms with E-state index in [2.05, 4.69) is 27.0 Å². The van der Waals surface area contributed by atoms with Crippen LogP contribution in [0.5, 0.6) is 11.5 Å². The second kappa shape index (κ2) is 36.5. The van der Waals surface area contributed by atoms with E-state index in [9.17, 15) is 24.0 Å². The van der Waals surface area contributed by atoms with Crippen molar-refractivity contribution in [2.45, 2.75) is 97.9 Å². The molecular formula is C41H65N4O9S2Y-. The number of benzene rings is 2. The monoisotopic (exact) mass is 910 g/mol. The van der Waals surface area contributed by atoms with E-state index in [1.807, 2.05) is 79.6 Å². The van der Waals surface area contributed by atoms with E-state index < -0.39 is 6.04 Å². The summed E-state index contributed by atoms with van der Waals surface area (Å²) in [5, 5.41) is 15.5. The summed E-state index contributed by atoms with van der Waals surface area (Å²) in [6.07, 6.45) is 8.13. The van der Waals surface area contributed by atoms with Gasteiger partial charge < -0.3 is 50.2 Å². The minimum absolute atomic E-state index is 0. The maximum atomic E-state index is 12.1. The number of likely N-dealkylation sites (tertiary alicyclic amines) is 1. The summed E-state index contributed by atoms with van der Waals surface area (Å²) < 4.78 is 14.8. The number of primary amides is 1. The Bertz CT molecular complexity index is 1340. The number of aromatic hydroxyl groups is 1. The van der Waals surface area contributed by atoms with Crippen LogP contribution in [-0.2, 0) is 66.2 Å². The fourth-order valence-corrected chi connectivity index (χ4v) is 7.17. The summed E-state index contributed by atoms with van der Waals surface area (Å²) in [5.74, 6) is 3.11. The number of hydrogen-bond acceptors (Lipinski definition) is 11. The molecule has 2 aromatic rings. The predicted molar refractivity (Wildman–Crippen MR) is 227 cm³/mol. The van der Waals surface area contributed by atoms with Gasteiger partial charge in [-0.15, -0.1) is 13.1 Å². The SMILES string of the molecule is C1CSSC1.CCCCC=O.COC(C)OC.Cc1ccc(O)cc1.Cc1ccccc1OCC(=O)NC1CC(C)N(CC=O)C1=O.NC(=O)C1CC[N-]CC1.[Y]. The Hall–Kier alpha value is -2.53. The molecular weight excluding hydrogens is 846 g/mol. The van der Waals surface area contributed by atoms with Gasteiger partial charge in [0.1, 0.15) is 30.1 Å². The number of carbonyl (C=O) groups excluding carboxylic acids is 5. The summed E-state index contributed by atoms with van der Waals surface area (Å²) >= 11 is 0. The summed E-state index contributed by atoms with van der Waals surface area (Å²) in [4.78, 5) is 56.1. The molecule has 0 bridgehead atoms. The molecule has 5 rings (SSSR count). The zero-order valence-electron chi connectivity index (χ0n) is 34.9. The van der Waals surface area contributed by atoms with Crippen LogP contribution >= 0.6 is 21.6 Å². The van der Waals surface area contributed by atoms with Crippen LogP contribution in [0.15, 0.2) is 48.5 Å². The molecule has 16 heteroatoms. The molecule has 13 nitrogen and oxygen atoms in total. The summed E-state index contributed by atoms with van der Waals surface area (Å²) in [6, 6.07) is 13.9. The summed E-state index contributed by atoms with van der Waals surface area (Å²) in [5.41, 5.74) is 7.20. The molecule has 3 amide bonds. The zero-order chi connectivity index (χ0) is 42.1. The third kappa shape index (κ3) is 28.5. The Labute approximate surface area is 373 Å². The molecule has 3 aliphatic heterocycles. The smallest absolute Gasteiger partial charge is 0.258 e. The van der Waals surface area contributed by atoms with Crippen molar-refractivity contribution in [1.29, 1.82) is 0 Å². The number of phenolic OH excluding ortho intramolecular Hbond substituents is 1. The third-order valence-electron chi connectivity index (χ3n) is 8.33. The predicted octanol–water partition coefficient (Wildman–Crippen LogP) is 6.40. The van der Waals surface area contributed by atoms with Crippen LogP contribution in [0.3, 0.4) is 0 Å². The Kier molecular flexibility index (Phi) is 36.3. The molecule has 0 saturated carbocycles. The van der Waals surface area contributed by atoms with Gasteiger partial charge in [0.15, 0.2) is 12.9 Å². The number of amides is 3. The van der Waals surface area contributed by atoms with E-state index in [4.69, 9.17) is 15.6 Å². The van der Waals surface area contributed by atoms with Crippen molar-refractivity contribution in [3.8, 4) is 11.5 Å². The van der Waals surface area contributed by atoms with Gasteiger partial charge in [-0.1, -0.05) is 83.7 Å². The van der Waals surface area contributed by atoms with E-state index in [1.165, 1.54) is 28.4 Å². The van der Waals surface area contributed by atoms with Crippen LogP contribution in [0.1, 0.15) is 76.8 Å². The van der Waals surface area contributed by atoms with Crippen molar-refractivity contribution in [1.82, 2.24) is 10.2 Å². The van der Waals surface area contributed by atoms with Crippen LogP contribution < -0.4 is 15.8 Å². The molecule has 1 radical (unpaired) electrons.